The molecule has 0 aromatic carbocycles. The van der Waals surface area contributed by atoms with Crippen molar-refractivity contribution in [3.63, 3.8) is 0 Å². The smallest absolute Gasteiger partial charge is 0.326 e. The van der Waals surface area contributed by atoms with E-state index in [1.807, 2.05) is 0 Å². The average molecular weight is 243 g/mol. The zero-order chi connectivity index (χ0) is 12.4. The zero-order valence-electron chi connectivity index (χ0n) is 9.04. The number of aliphatic hydroxyl groups is 1. The second kappa shape index (κ2) is 4.62. The van der Waals surface area contributed by atoms with E-state index in [-0.39, 0.29) is 25.3 Å². The third-order valence-corrected chi connectivity index (χ3v) is 2.68. The van der Waals surface area contributed by atoms with Crippen LogP contribution in [-0.2, 0) is 19.1 Å². The van der Waals surface area contributed by atoms with Gasteiger partial charge < -0.3 is 24.6 Å². The largest absolute Gasteiger partial charge is 0.494 e. The molecule has 0 aliphatic carbocycles. The number of carboxylic acid groups (broad SMARTS) is 1. The molecule has 17 heavy (non-hydrogen) atoms. The van der Waals surface area contributed by atoms with Crippen LogP contribution < -0.4 is 0 Å². The molecule has 1 amide bonds. The first-order valence-electron chi connectivity index (χ1n) is 5.26. The first-order chi connectivity index (χ1) is 8.09. The highest BCUT2D eigenvalue weighted by atomic mass is 16.6. The molecule has 2 heterocycles. The molecule has 1 saturated heterocycles. The van der Waals surface area contributed by atoms with E-state index in [4.69, 9.17) is 14.6 Å². The van der Waals surface area contributed by atoms with E-state index in [2.05, 4.69) is 0 Å². The Balaban J connectivity index is 2.12. The molecule has 0 bridgehead atoms. The molecule has 0 radical (unpaired) electrons. The number of likely N-dealkylation sites (tertiary alicyclic amines) is 1. The van der Waals surface area contributed by atoms with Crippen molar-refractivity contribution in [1.29, 1.82) is 0 Å². The van der Waals surface area contributed by atoms with Crippen molar-refractivity contribution in [2.75, 3.05) is 19.8 Å². The van der Waals surface area contributed by atoms with Crippen molar-refractivity contribution in [2.24, 2.45) is 0 Å². The van der Waals surface area contributed by atoms with Crippen LogP contribution in [0, 0.1) is 0 Å². The normalized spacial score (nSPS) is 28.1. The first kappa shape index (κ1) is 11.7. The number of hydrogen-bond acceptors (Lipinski definition) is 5. The number of carboxylic acids is 1. The van der Waals surface area contributed by atoms with Gasteiger partial charge in [-0.2, -0.15) is 0 Å². The summed E-state index contributed by atoms with van der Waals surface area (Å²) in [6.45, 7) is 0.615. The number of ether oxygens (including phenoxy) is 2. The van der Waals surface area contributed by atoms with E-state index in [1.165, 1.54) is 6.26 Å². The summed E-state index contributed by atoms with van der Waals surface area (Å²) in [4.78, 5) is 24.0. The van der Waals surface area contributed by atoms with E-state index in [0.29, 0.717) is 6.61 Å². The fraction of sp³-hybridized carbons (Fsp3) is 0.600. The van der Waals surface area contributed by atoms with Gasteiger partial charge in [-0.3, -0.25) is 4.79 Å². The number of carbonyl (C=O) groups excluding carboxylic acids is 1. The van der Waals surface area contributed by atoms with Crippen LogP contribution in [0.5, 0.6) is 0 Å². The Morgan fingerprint density at radius 3 is 2.76 bits per heavy atom. The third-order valence-electron chi connectivity index (χ3n) is 2.68. The third kappa shape index (κ3) is 2.33. The maximum Gasteiger partial charge on any atom is 0.326 e. The maximum absolute atomic E-state index is 11.9. The number of hydrogen-bond donors (Lipinski definition) is 2. The number of rotatable bonds is 2. The molecule has 1 fully saturated rings. The van der Waals surface area contributed by atoms with Crippen LogP contribution in [0.4, 0.5) is 0 Å². The Labute approximate surface area is 97.2 Å². The van der Waals surface area contributed by atoms with Crippen LogP contribution in [0.25, 0.3) is 0 Å². The average Bonchev–Trinajstić information content (AvgIpc) is 2.72. The van der Waals surface area contributed by atoms with Crippen LogP contribution in [-0.4, -0.2) is 58.9 Å². The molecule has 2 atom stereocenters. The summed E-state index contributed by atoms with van der Waals surface area (Å²) >= 11 is 0. The van der Waals surface area contributed by atoms with E-state index < -0.39 is 24.0 Å². The van der Waals surface area contributed by atoms with Gasteiger partial charge in [0, 0.05) is 13.0 Å². The van der Waals surface area contributed by atoms with Crippen LogP contribution >= 0.6 is 0 Å². The van der Waals surface area contributed by atoms with Crippen molar-refractivity contribution in [3.8, 4) is 0 Å². The minimum Gasteiger partial charge on any atom is -0.494 e. The summed E-state index contributed by atoms with van der Waals surface area (Å²) in [6.07, 6.45) is 0.398. The molecule has 94 valence electrons. The molecule has 0 aromatic heterocycles. The van der Waals surface area contributed by atoms with E-state index in [0.717, 1.165) is 4.90 Å². The molecular formula is C10H13NO6. The van der Waals surface area contributed by atoms with Crippen LogP contribution in [0.1, 0.15) is 6.42 Å². The van der Waals surface area contributed by atoms with Gasteiger partial charge in [0.1, 0.15) is 25.5 Å². The quantitative estimate of drug-likeness (QED) is 0.640. The fourth-order valence-electron chi connectivity index (χ4n) is 1.89. The molecular weight excluding hydrogens is 230 g/mol. The van der Waals surface area contributed by atoms with Gasteiger partial charge in [0.05, 0.1) is 6.10 Å². The Bertz CT molecular complexity index is 366. The molecule has 0 spiro atoms. The van der Waals surface area contributed by atoms with E-state index in [9.17, 15) is 14.7 Å². The van der Waals surface area contributed by atoms with Gasteiger partial charge >= 0.3 is 5.97 Å². The summed E-state index contributed by atoms with van der Waals surface area (Å²) in [5, 5.41) is 18.4. The van der Waals surface area contributed by atoms with Gasteiger partial charge in [0.25, 0.3) is 5.91 Å². The lowest BCUT2D eigenvalue weighted by molar-refractivity contribution is -0.148. The highest BCUT2D eigenvalue weighted by molar-refractivity contribution is 5.94. The molecule has 7 nitrogen and oxygen atoms in total. The maximum atomic E-state index is 11.9. The lowest BCUT2D eigenvalue weighted by atomic mass is 10.2. The summed E-state index contributed by atoms with van der Waals surface area (Å²) in [5.74, 6) is -1.71. The Kier molecular flexibility index (Phi) is 3.19. The number of aliphatic carboxylic acids is 1. The molecule has 2 aliphatic heterocycles. The summed E-state index contributed by atoms with van der Waals surface area (Å²) in [5.41, 5.74) is 0. The molecule has 2 aliphatic rings. The highest BCUT2D eigenvalue weighted by Crippen LogP contribution is 2.21. The molecule has 2 N–H and O–H groups in total. The second-order valence-electron chi connectivity index (χ2n) is 3.90. The fourth-order valence-corrected chi connectivity index (χ4v) is 1.89. The van der Waals surface area contributed by atoms with Gasteiger partial charge in [-0.25, -0.2) is 4.79 Å². The molecule has 0 saturated carbocycles. The highest BCUT2D eigenvalue weighted by Gasteiger charge is 2.40. The molecule has 0 aromatic rings. The van der Waals surface area contributed by atoms with Crippen LogP contribution in [0.3, 0.4) is 0 Å². The van der Waals surface area contributed by atoms with Crippen molar-refractivity contribution in [2.45, 2.75) is 18.6 Å². The second-order valence-corrected chi connectivity index (χ2v) is 3.90. The van der Waals surface area contributed by atoms with Gasteiger partial charge in [-0.1, -0.05) is 0 Å². The van der Waals surface area contributed by atoms with E-state index in [1.54, 1.807) is 0 Å². The number of carbonyl (C=O) groups is 2. The van der Waals surface area contributed by atoms with Crippen LogP contribution in [0.15, 0.2) is 12.0 Å². The van der Waals surface area contributed by atoms with Crippen molar-refractivity contribution in [1.82, 2.24) is 4.90 Å². The van der Waals surface area contributed by atoms with Gasteiger partial charge in [0.15, 0.2) is 0 Å². The summed E-state index contributed by atoms with van der Waals surface area (Å²) in [6, 6.07) is -1.01. The first-order valence-corrected chi connectivity index (χ1v) is 5.26. The van der Waals surface area contributed by atoms with Gasteiger partial charge in [0.2, 0.25) is 5.76 Å². The van der Waals surface area contributed by atoms with E-state index >= 15 is 0 Å². The molecule has 7 heteroatoms. The van der Waals surface area contributed by atoms with Crippen molar-refractivity contribution >= 4 is 11.9 Å². The number of aliphatic hydroxyl groups excluding tert-OH is 1. The Hall–Kier alpha value is -1.76. The van der Waals surface area contributed by atoms with Crippen molar-refractivity contribution in [3.05, 3.63) is 12.0 Å². The van der Waals surface area contributed by atoms with Gasteiger partial charge in [-0.05, 0) is 0 Å². The molecule has 2 rings (SSSR count). The minimum absolute atomic E-state index is 0.00347. The Morgan fingerprint density at radius 2 is 2.18 bits per heavy atom. The lowest BCUT2D eigenvalue weighted by Gasteiger charge is -2.23. The predicted molar refractivity (Wildman–Crippen MR) is 53.7 cm³/mol. The van der Waals surface area contributed by atoms with Crippen molar-refractivity contribution < 1.29 is 29.3 Å². The monoisotopic (exact) mass is 243 g/mol. The Morgan fingerprint density at radius 1 is 1.41 bits per heavy atom. The number of amides is 1. The topological polar surface area (TPSA) is 96.3 Å². The zero-order valence-corrected chi connectivity index (χ0v) is 9.04. The summed E-state index contributed by atoms with van der Waals surface area (Å²) < 4.78 is 10.0. The SMILES string of the molecule is O=C(O)[C@@H]1C[C@H](O)CN1C(=O)C1=COCCO1. The van der Waals surface area contributed by atoms with Gasteiger partial charge in [-0.15, -0.1) is 0 Å². The number of β-amino-alcohol motifs (C(OH)–C–C–N with tert-alkyl or cyclic N) is 1. The predicted octanol–water partition coefficient (Wildman–Crippen LogP) is -1.08. The summed E-state index contributed by atoms with van der Waals surface area (Å²) in [7, 11) is 0. The minimum atomic E-state index is -1.13. The number of nitrogens with zero attached hydrogens (tertiary/aromatic N) is 1. The van der Waals surface area contributed by atoms with Crippen LogP contribution in [0.2, 0.25) is 0 Å². The lowest BCUT2D eigenvalue weighted by Crippen LogP contribution is -2.42. The standard InChI is InChI=1S/C10H13NO6/c12-6-3-7(10(14)15)11(4-6)9(13)8-5-16-1-2-17-8/h5-7,12H,1-4H2,(H,14,15)/t6-,7-/m0/s1. The molecule has 0 unspecified atom stereocenters.